The highest BCUT2D eigenvalue weighted by molar-refractivity contribution is 7.89. The number of nitrogens with zero attached hydrogens (tertiary/aromatic N) is 1. The Balaban J connectivity index is 4.08. The van der Waals surface area contributed by atoms with Crippen molar-refractivity contribution in [1.29, 1.82) is 0 Å². The first-order valence-electron chi connectivity index (χ1n) is 5.20. The Morgan fingerprint density at radius 3 is 2.56 bits per heavy atom. The normalized spacial score (nSPS) is 14.3. The van der Waals surface area contributed by atoms with Gasteiger partial charge in [0.2, 0.25) is 10.0 Å². The fourth-order valence-electron chi connectivity index (χ4n) is 1.17. The van der Waals surface area contributed by atoms with Gasteiger partial charge in [-0.2, -0.15) is 0 Å². The predicted octanol–water partition coefficient (Wildman–Crippen LogP) is -0.742. The van der Waals surface area contributed by atoms with Crippen LogP contribution in [0.1, 0.15) is 6.92 Å². The first-order valence-corrected chi connectivity index (χ1v) is 6.81. The number of hydrogen-bond acceptors (Lipinski definition) is 5. The number of methoxy groups -OCH3 is 1. The molecule has 0 fully saturated rings. The number of ether oxygens (including phenoxy) is 2. The molecule has 0 radical (unpaired) electrons. The van der Waals surface area contributed by atoms with E-state index in [0.29, 0.717) is 13.2 Å². The summed E-state index contributed by atoms with van der Waals surface area (Å²) in [6, 6.07) is -0.308. The summed E-state index contributed by atoms with van der Waals surface area (Å²) in [6.07, 6.45) is 0. The number of hydrogen-bond donors (Lipinski definition) is 1. The molecule has 7 heteroatoms. The van der Waals surface area contributed by atoms with Gasteiger partial charge < -0.3 is 15.2 Å². The van der Waals surface area contributed by atoms with Crippen LogP contribution in [0, 0.1) is 0 Å². The lowest BCUT2D eigenvalue weighted by Gasteiger charge is -2.20. The number of nitrogens with two attached hydrogens (primary N) is 1. The van der Waals surface area contributed by atoms with Crippen LogP contribution in [0.2, 0.25) is 0 Å². The predicted molar refractivity (Wildman–Crippen MR) is 62.8 cm³/mol. The molecule has 16 heavy (non-hydrogen) atoms. The topological polar surface area (TPSA) is 81.9 Å². The molecule has 1 atom stereocenters. The second-order valence-electron chi connectivity index (χ2n) is 3.51. The Bertz CT molecular complexity index is 269. The summed E-state index contributed by atoms with van der Waals surface area (Å²) < 4.78 is 34.5. The Labute approximate surface area is 97.7 Å². The van der Waals surface area contributed by atoms with Gasteiger partial charge in [-0.1, -0.05) is 0 Å². The zero-order valence-electron chi connectivity index (χ0n) is 10.2. The molecule has 2 N–H and O–H groups in total. The third kappa shape index (κ3) is 6.39. The van der Waals surface area contributed by atoms with Gasteiger partial charge in [0.1, 0.15) is 0 Å². The Kier molecular flexibility index (Phi) is 7.86. The number of rotatable bonds is 9. The maximum absolute atomic E-state index is 11.7. The van der Waals surface area contributed by atoms with Gasteiger partial charge in [0.05, 0.1) is 19.0 Å². The van der Waals surface area contributed by atoms with Crippen LogP contribution in [0.4, 0.5) is 0 Å². The molecule has 1 unspecified atom stereocenters. The van der Waals surface area contributed by atoms with Crippen molar-refractivity contribution in [2.45, 2.75) is 13.0 Å². The van der Waals surface area contributed by atoms with E-state index in [9.17, 15) is 8.42 Å². The van der Waals surface area contributed by atoms with Crippen LogP contribution in [0.15, 0.2) is 0 Å². The monoisotopic (exact) mass is 254 g/mol. The third-order valence-electron chi connectivity index (χ3n) is 2.04. The van der Waals surface area contributed by atoms with Crippen LogP contribution in [0.3, 0.4) is 0 Å². The highest BCUT2D eigenvalue weighted by atomic mass is 32.2. The molecule has 0 aliphatic carbocycles. The minimum absolute atomic E-state index is 0.0168. The molecule has 0 saturated heterocycles. The summed E-state index contributed by atoms with van der Waals surface area (Å²) in [6.45, 7) is 3.14. The van der Waals surface area contributed by atoms with Gasteiger partial charge in [0, 0.05) is 33.4 Å². The molecule has 0 aliphatic rings. The van der Waals surface area contributed by atoms with Gasteiger partial charge in [0.25, 0.3) is 0 Å². The molecular weight excluding hydrogens is 232 g/mol. The largest absolute Gasteiger partial charge is 0.383 e. The van der Waals surface area contributed by atoms with E-state index in [2.05, 4.69) is 0 Å². The van der Waals surface area contributed by atoms with Crippen molar-refractivity contribution in [1.82, 2.24) is 4.31 Å². The average molecular weight is 254 g/mol. The van der Waals surface area contributed by atoms with Crippen LogP contribution in [-0.2, 0) is 19.5 Å². The molecule has 6 nitrogen and oxygen atoms in total. The molecular formula is C9H22N2O4S. The van der Waals surface area contributed by atoms with Crippen molar-refractivity contribution in [2.75, 3.05) is 46.3 Å². The molecule has 0 aromatic heterocycles. The smallest absolute Gasteiger partial charge is 0.216 e. The fourth-order valence-corrected chi connectivity index (χ4v) is 2.23. The third-order valence-corrected chi connectivity index (χ3v) is 3.82. The van der Waals surface area contributed by atoms with Gasteiger partial charge in [0.15, 0.2) is 0 Å². The van der Waals surface area contributed by atoms with E-state index >= 15 is 0 Å². The summed E-state index contributed by atoms with van der Waals surface area (Å²) in [4.78, 5) is 0. The summed E-state index contributed by atoms with van der Waals surface area (Å²) in [5.41, 5.74) is 5.67. The van der Waals surface area contributed by atoms with E-state index in [0.717, 1.165) is 0 Å². The molecule has 0 spiro atoms. The Morgan fingerprint density at radius 1 is 1.44 bits per heavy atom. The first-order chi connectivity index (χ1) is 7.44. The lowest BCUT2D eigenvalue weighted by molar-refractivity contribution is 0.161. The van der Waals surface area contributed by atoms with Gasteiger partial charge in [-0.05, 0) is 6.92 Å². The lowest BCUT2D eigenvalue weighted by Crippen LogP contribution is -2.42. The number of likely N-dealkylation sites (N-methyl/N-ethyl adjacent to an activating group) is 1. The summed E-state index contributed by atoms with van der Waals surface area (Å²) in [5.74, 6) is -0.0168. The molecule has 0 heterocycles. The van der Waals surface area contributed by atoms with Gasteiger partial charge in [-0.25, -0.2) is 12.7 Å². The van der Waals surface area contributed by atoms with Crippen LogP contribution in [0.5, 0.6) is 0 Å². The standard InChI is InChI=1S/C9H22N2O4S/c1-4-15-5-6-16(12,13)11(2)7-9(10)8-14-3/h9H,4-8,10H2,1-3H3. The van der Waals surface area contributed by atoms with Crippen LogP contribution in [0.25, 0.3) is 0 Å². The minimum Gasteiger partial charge on any atom is -0.383 e. The molecule has 0 amide bonds. The zero-order valence-corrected chi connectivity index (χ0v) is 11.0. The maximum atomic E-state index is 11.7. The summed E-state index contributed by atoms with van der Waals surface area (Å²) in [7, 11) is -0.231. The molecule has 0 saturated carbocycles. The van der Waals surface area contributed by atoms with Gasteiger partial charge in [-0.15, -0.1) is 0 Å². The molecule has 0 bridgehead atoms. The van der Waals surface area contributed by atoms with Crippen molar-refractivity contribution in [2.24, 2.45) is 5.73 Å². The second kappa shape index (κ2) is 7.97. The van der Waals surface area contributed by atoms with Crippen molar-refractivity contribution in [3.8, 4) is 0 Å². The SMILES string of the molecule is CCOCCS(=O)(=O)N(C)CC(N)COC. The molecule has 0 aromatic carbocycles. The van der Waals surface area contributed by atoms with Crippen molar-refractivity contribution < 1.29 is 17.9 Å². The summed E-state index contributed by atoms with van der Waals surface area (Å²) >= 11 is 0. The highest BCUT2D eigenvalue weighted by Gasteiger charge is 2.19. The minimum atomic E-state index is -3.27. The quantitative estimate of drug-likeness (QED) is 0.548. The van der Waals surface area contributed by atoms with Crippen molar-refractivity contribution >= 4 is 10.0 Å². The molecule has 98 valence electrons. The van der Waals surface area contributed by atoms with E-state index in [-0.39, 0.29) is 24.9 Å². The Morgan fingerprint density at radius 2 is 2.06 bits per heavy atom. The van der Waals surface area contributed by atoms with Crippen molar-refractivity contribution in [3.63, 3.8) is 0 Å². The van der Waals surface area contributed by atoms with Crippen LogP contribution >= 0.6 is 0 Å². The van der Waals surface area contributed by atoms with Crippen LogP contribution < -0.4 is 5.73 Å². The Hall–Kier alpha value is -0.210. The first kappa shape index (κ1) is 15.8. The highest BCUT2D eigenvalue weighted by Crippen LogP contribution is 1.99. The van der Waals surface area contributed by atoms with E-state index < -0.39 is 10.0 Å². The van der Waals surface area contributed by atoms with Gasteiger partial charge >= 0.3 is 0 Å². The molecule has 0 rings (SSSR count). The second-order valence-corrected chi connectivity index (χ2v) is 5.70. The van der Waals surface area contributed by atoms with Crippen molar-refractivity contribution in [3.05, 3.63) is 0 Å². The average Bonchev–Trinajstić information content (AvgIpc) is 2.18. The lowest BCUT2D eigenvalue weighted by atomic mass is 10.3. The molecule has 0 aliphatic heterocycles. The zero-order chi connectivity index (χ0) is 12.6. The summed E-state index contributed by atoms with van der Waals surface area (Å²) in [5, 5.41) is 0. The number of sulfonamides is 1. The van der Waals surface area contributed by atoms with E-state index in [1.165, 1.54) is 18.5 Å². The van der Waals surface area contributed by atoms with E-state index in [1.807, 2.05) is 6.92 Å². The van der Waals surface area contributed by atoms with Gasteiger partial charge in [-0.3, -0.25) is 0 Å². The fraction of sp³-hybridized carbons (Fsp3) is 1.00. The van der Waals surface area contributed by atoms with Crippen LogP contribution in [-0.4, -0.2) is 65.0 Å². The maximum Gasteiger partial charge on any atom is 0.216 e. The van der Waals surface area contributed by atoms with E-state index in [4.69, 9.17) is 15.2 Å². The van der Waals surface area contributed by atoms with E-state index in [1.54, 1.807) is 0 Å². The molecule has 0 aromatic rings.